The summed E-state index contributed by atoms with van der Waals surface area (Å²) in [7, 11) is 0. The number of nitriles is 1. The van der Waals surface area contributed by atoms with E-state index in [-0.39, 0.29) is 5.91 Å². The van der Waals surface area contributed by atoms with Gasteiger partial charge in [-0.25, -0.2) is 0 Å². The second kappa shape index (κ2) is 7.03. The molecule has 0 spiro atoms. The third-order valence-electron chi connectivity index (χ3n) is 2.56. The van der Waals surface area contributed by atoms with E-state index in [0.29, 0.717) is 23.9 Å². The number of rotatable bonds is 5. The summed E-state index contributed by atoms with van der Waals surface area (Å²) in [6, 6.07) is 9.31. The van der Waals surface area contributed by atoms with Crippen LogP contribution < -0.4 is 5.32 Å². The molecular weight excluding hydrogens is 248 g/mol. The molecule has 0 radical (unpaired) electrons. The number of benzene rings is 1. The SMILES string of the molecule is CC(C)CC(C#N)C(=O)NCc1ccc(Cl)cc1. The highest BCUT2D eigenvalue weighted by atomic mass is 35.5. The maximum atomic E-state index is 11.8. The van der Waals surface area contributed by atoms with Gasteiger partial charge in [-0.2, -0.15) is 5.26 Å². The Morgan fingerprint density at radius 3 is 2.50 bits per heavy atom. The Morgan fingerprint density at radius 1 is 1.39 bits per heavy atom. The lowest BCUT2D eigenvalue weighted by Gasteiger charge is -2.12. The molecular formula is C14H17ClN2O. The molecule has 4 heteroatoms. The van der Waals surface area contributed by atoms with Crippen molar-refractivity contribution in [1.29, 1.82) is 5.26 Å². The van der Waals surface area contributed by atoms with Crippen LogP contribution in [0.1, 0.15) is 25.8 Å². The summed E-state index contributed by atoms with van der Waals surface area (Å²) in [5.74, 6) is -0.450. The predicted octanol–water partition coefficient (Wildman–Crippen LogP) is 3.14. The molecule has 0 saturated carbocycles. The summed E-state index contributed by atoms with van der Waals surface area (Å²) in [6.07, 6.45) is 0.586. The molecule has 0 aliphatic heterocycles. The zero-order valence-corrected chi connectivity index (χ0v) is 11.4. The van der Waals surface area contributed by atoms with Crippen molar-refractivity contribution >= 4 is 17.5 Å². The fraction of sp³-hybridized carbons (Fsp3) is 0.429. The molecule has 96 valence electrons. The van der Waals surface area contributed by atoms with Crippen molar-refractivity contribution in [3.8, 4) is 6.07 Å². The van der Waals surface area contributed by atoms with Crippen molar-refractivity contribution in [2.75, 3.05) is 0 Å². The molecule has 1 unspecified atom stereocenters. The number of carbonyl (C=O) groups is 1. The molecule has 1 rings (SSSR count). The van der Waals surface area contributed by atoms with E-state index in [1.54, 1.807) is 12.1 Å². The molecule has 1 aromatic carbocycles. The molecule has 1 aromatic rings. The van der Waals surface area contributed by atoms with Crippen LogP contribution in [0.5, 0.6) is 0 Å². The largest absolute Gasteiger partial charge is 0.351 e. The van der Waals surface area contributed by atoms with Crippen molar-refractivity contribution in [1.82, 2.24) is 5.32 Å². The lowest BCUT2D eigenvalue weighted by atomic mass is 9.97. The van der Waals surface area contributed by atoms with Crippen molar-refractivity contribution < 1.29 is 4.79 Å². The van der Waals surface area contributed by atoms with E-state index in [4.69, 9.17) is 16.9 Å². The van der Waals surface area contributed by atoms with E-state index in [1.807, 2.05) is 32.0 Å². The molecule has 1 N–H and O–H groups in total. The average Bonchev–Trinajstić information content (AvgIpc) is 2.34. The van der Waals surface area contributed by atoms with Crippen LogP contribution in [0.3, 0.4) is 0 Å². The average molecular weight is 265 g/mol. The molecule has 1 atom stereocenters. The number of hydrogen-bond acceptors (Lipinski definition) is 2. The minimum Gasteiger partial charge on any atom is -0.351 e. The summed E-state index contributed by atoms with van der Waals surface area (Å²) in [6.45, 7) is 4.42. The van der Waals surface area contributed by atoms with Crippen LogP contribution in [0.2, 0.25) is 5.02 Å². The quantitative estimate of drug-likeness (QED) is 0.888. The third-order valence-corrected chi connectivity index (χ3v) is 2.81. The van der Waals surface area contributed by atoms with Gasteiger partial charge in [-0.15, -0.1) is 0 Å². The molecule has 0 aromatic heterocycles. The van der Waals surface area contributed by atoms with Gasteiger partial charge in [0.2, 0.25) is 5.91 Å². The summed E-state index contributed by atoms with van der Waals surface area (Å²) in [5.41, 5.74) is 0.967. The van der Waals surface area contributed by atoms with Crippen LogP contribution in [0.25, 0.3) is 0 Å². The van der Waals surface area contributed by atoms with Gasteiger partial charge in [-0.3, -0.25) is 4.79 Å². The Labute approximate surface area is 113 Å². The van der Waals surface area contributed by atoms with Gasteiger partial charge in [0.25, 0.3) is 0 Å². The van der Waals surface area contributed by atoms with Crippen LogP contribution in [0.15, 0.2) is 24.3 Å². The van der Waals surface area contributed by atoms with E-state index in [1.165, 1.54) is 0 Å². The maximum Gasteiger partial charge on any atom is 0.237 e. The van der Waals surface area contributed by atoms with Gasteiger partial charge < -0.3 is 5.32 Å². The molecule has 0 aliphatic carbocycles. The van der Waals surface area contributed by atoms with Crippen molar-refractivity contribution in [3.05, 3.63) is 34.9 Å². The minimum absolute atomic E-state index is 0.207. The van der Waals surface area contributed by atoms with Gasteiger partial charge in [0.05, 0.1) is 6.07 Å². The van der Waals surface area contributed by atoms with Crippen LogP contribution in [-0.2, 0) is 11.3 Å². The van der Waals surface area contributed by atoms with Crippen molar-refractivity contribution in [2.24, 2.45) is 11.8 Å². The van der Waals surface area contributed by atoms with Gasteiger partial charge in [-0.05, 0) is 30.0 Å². The molecule has 0 bridgehead atoms. The van der Waals surface area contributed by atoms with Crippen LogP contribution in [-0.4, -0.2) is 5.91 Å². The topological polar surface area (TPSA) is 52.9 Å². The highest BCUT2D eigenvalue weighted by Gasteiger charge is 2.18. The number of halogens is 1. The molecule has 18 heavy (non-hydrogen) atoms. The fourth-order valence-electron chi connectivity index (χ4n) is 1.60. The van der Waals surface area contributed by atoms with Gasteiger partial charge in [0.1, 0.15) is 5.92 Å². The lowest BCUT2D eigenvalue weighted by Crippen LogP contribution is -2.30. The van der Waals surface area contributed by atoms with E-state index in [0.717, 1.165) is 5.56 Å². The van der Waals surface area contributed by atoms with Crippen LogP contribution in [0, 0.1) is 23.2 Å². The first-order chi connectivity index (χ1) is 8.52. The summed E-state index contributed by atoms with van der Waals surface area (Å²) in [4.78, 5) is 11.8. The van der Waals surface area contributed by atoms with E-state index in [9.17, 15) is 4.79 Å². The molecule has 1 amide bonds. The first kappa shape index (κ1) is 14.5. The Morgan fingerprint density at radius 2 is 2.00 bits per heavy atom. The van der Waals surface area contributed by atoms with Crippen molar-refractivity contribution in [3.63, 3.8) is 0 Å². The molecule has 0 saturated heterocycles. The first-order valence-electron chi connectivity index (χ1n) is 5.94. The van der Waals surface area contributed by atoms with Gasteiger partial charge in [0.15, 0.2) is 0 Å². The standard InChI is InChI=1S/C14H17ClN2O/c1-10(2)7-12(8-16)14(18)17-9-11-3-5-13(15)6-4-11/h3-6,10,12H,7,9H2,1-2H3,(H,17,18). The summed E-state index contributed by atoms with van der Waals surface area (Å²) < 4.78 is 0. The predicted molar refractivity (Wildman–Crippen MR) is 71.9 cm³/mol. The normalized spacial score (nSPS) is 11.9. The Bertz CT molecular complexity index is 434. The van der Waals surface area contributed by atoms with Crippen LogP contribution in [0.4, 0.5) is 0 Å². The lowest BCUT2D eigenvalue weighted by molar-refractivity contribution is -0.123. The van der Waals surface area contributed by atoms with E-state index in [2.05, 4.69) is 5.32 Å². The van der Waals surface area contributed by atoms with Crippen molar-refractivity contribution in [2.45, 2.75) is 26.8 Å². The fourth-order valence-corrected chi connectivity index (χ4v) is 1.73. The highest BCUT2D eigenvalue weighted by molar-refractivity contribution is 6.30. The number of nitrogens with zero attached hydrogens (tertiary/aromatic N) is 1. The molecule has 0 fully saturated rings. The summed E-state index contributed by atoms with van der Waals surface area (Å²) in [5, 5.41) is 12.4. The Balaban J connectivity index is 2.49. The number of carbonyl (C=O) groups excluding carboxylic acids is 1. The monoisotopic (exact) mass is 264 g/mol. The zero-order valence-electron chi connectivity index (χ0n) is 10.6. The molecule has 3 nitrogen and oxygen atoms in total. The smallest absolute Gasteiger partial charge is 0.237 e. The second-order valence-corrected chi connectivity index (χ2v) is 5.09. The number of amides is 1. The van der Waals surface area contributed by atoms with Gasteiger partial charge >= 0.3 is 0 Å². The van der Waals surface area contributed by atoms with E-state index >= 15 is 0 Å². The molecule has 0 aliphatic rings. The van der Waals surface area contributed by atoms with E-state index < -0.39 is 5.92 Å². The maximum absolute atomic E-state index is 11.8. The number of nitrogens with one attached hydrogen (secondary N) is 1. The van der Waals surface area contributed by atoms with Gasteiger partial charge in [-0.1, -0.05) is 37.6 Å². The first-order valence-corrected chi connectivity index (χ1v) is 6.32. The highest BCUT2D eigenvalue weighted by Crippen LogP contribution is 2.12. The zero-order chi connectivity index (χ0) is 13.5. The Kier molecular flexibility index (Phi) is 5.67. The van der Waals surface area contributed by atoms with Gasteiger partial charge in [0, 0.05) is 11.6 Å². The summed E-state index contributed by atoms with van der Waals surface area (Å²) >= 11 is 5.77. The van der Waals surface area contributed by atoms with Crippen LogP contribution >= 0.6 is 11.6 Å². The minimum atomic E-state index is -0.572. The molecule has 0 heterocycles. The second-order valence-electron chi connectivity index (χ2n) is 4.66. The number of hydrogen-bond donors (Lipinski definition) is 1. The third kappa shape index (κ3) is 4.77. The Hall–Kier alpha value is -1.53.